The maximum Gasteiger partial charge on any atom is 0.147 e. The third-order valence-corrected chi connectivity index (χ3v) is 7.96. The van der Waals surface area contributed by atoms with Crippen LogP contribution < -0.4 is 9.47 Å². The lowest BCUT2D eigenvalue weighted by atomic mass is 10.2. The fourth-order valence-electron chi connectivity index (χ4n) is 4.37. The Balaban J connectivity index is 1.60. The van der Waals surface area contributed by atoms with E-state index in [9.17, 15) is 0 Å². The maximum absolute atomic E-state index is 6.27. The number of hydrogen-bond acceptors (Lipinski definition) is 5. The molecule has 2 aliphatic heterocycles. The molecule has 0 N–H and O–H groups in total. The van der Waals surface area contributed by atoms with Crippen molar-refractivity contribution >= 4 is 34.4 Å². The smallest absolute Gasteiger partial charge is 0.147 e. The standard InChI is InChI=1S/C23H26N2O2S2/c1-16-23(29-19-6-4-3-5-7-19)20-12-18(26-2)13-21-22(20)25(16)17(15-27-21)14-24-8-10-28-11-9-24/h3-7,12-13,17H,8-11,14-15H2,1-2H3. The molecule has 6 heteroatoms. The molecule has 0 amide bonds. The molecule has 2 aliphatic rings. The number of thioether (sulfide) groups is 1. The van der Waals surface area contributed by atoms with Crippen molar-refractivity contribution in [1.29, 1.82) is 0 Å². The van der Waals surface area contributed by atoms with Crippen LogP contribution in [0.1, 0.15) is 11.7 Å². The number of rotatable bonds is 5. The van der Waals surface area contributed by atoms with Crippen molar-refractivity contribution in [2.24, 2.45) is 0 Å². The van der Waals surface area contributed by atoms with E-state index in [0.29, 0.717) is 12.6 Å². The number of hydrogen-bond donors (Lipinski definition) is 0. The fraction of sp³-hybridized carbons (Fsp3) is 0.391. The van der Waals surface area contributed by atoms with Gasteiger partial charge < -0.3 is 14.0 Å². The largest absolute Gasteiger partial charge is 0.497 e. The van der Waals surface area contributed by atoms with Crippen molar-refractivity contribution in [2.75, 3.05) is 44.9 Å². The first-order valence-corrected chi connectivity index (χ1v) is 12.1. The first kappa shape index (κ1) is 19.2. The molecule has 1 unspecified atom stereocenters. The van der Waals surface area contributed by atoms with Gasteiger partial charge in [-0.15, -0.1) is 0 Å². The maximum atomic E-state index is 6.27. The van der Waals surface area contributed by atoms with Gasteiger partial charge in [-0.2, -0.15) is 11.8 Å². The lowest BCUT2D eigenvalue weighted by molar-refractivity contribution is 0.177. The zero-order valence-electron chi connectivity index (χ0n) is 16.9. The number of aromatic nitrogens is 1. The highest BCUT2D eigenvalue weighted by Crippen LogP contribution is 2.46. The molecule has 5 rings (SSSR count). The van der Waals surface area contributed by atoms with Gasteiger partial charge in [0.15, 0.2) is 0 Å². The molecule has 1 atom stereocenters. The molecule has 29 heavy (non-hydrogen) atoms. The number of benzene rings is 2. The Kier molecular flexibility index (Phi) is 5.41. The monoisotopic (exact) mass is 426 g/mol. The molecule has 3 heterocycles. The van der Waals surface area contributed by atoms with Crippen LogP contribution in [0.15, 0.2) is 52.3 Å². The Morgan fingerprint density at radius 3 is 2.72 bits per heavy atom. The Morgan fingerprint density at radius 1 is 1.17 bits per heavy atom. The zero-order valence-corrected chi connectivity index (χ0v) is 18.5. The third kappa shape index (κ3) is 3.62. The summed E-state index contributed by atoms with van der Waals surface area (Å²) in [4.78, 5) is 5.15. The predicted molar refractivity (Wildman–Crippen MR) is 122 cm³/mol. The van der Waals surface area contributed by atoms with E-state index >= 15 is 0 Å². The summed E-state index contributed by atoms with van der Waals surface area (Å²) in [6, 6.07) is 15.1. The van der Waals surface area contributed by atoms with Crippen LogP contribution in [0.3, 0.4) is 0 Å². The van der Waals surface area contributed by atoms with Crippen LogP contribution >= 0.6 is 23.5 Å². The van der Waals surface area contributed by atoms with Crippen LogP contribution in [0, 0.1) is 6.92 Å². The molecule has 0 bridgehead atoms. The van der Waals surface area contributed by atoms with Crippen molar-refractivity contribution < 1.29 is 9.47 Å². The van der Waals surface area contributed by atoms with Crippen molar-refractivity contribution in [1.82, 2.24) is 9.47 Å². The van der Waals surface area contributed by atoms with Crippen LogP contribution in [-0.4, -0.2) is 54.3 Å². The second-order valence-corrected chi connectivity index (χ2v) is 9.91. The highest BCUT2D eigenvalue weighted by molar-refractivity contribution is 7.99. The molecule has 0 spiro atoms. The van der Waals surface area contributed by atoms with Gasteiger partial charge >= 0.3 is 0 Å². The summed E-state index contributed by atoms with van der Waals surface area (Å²) in [5.41, 5.74) is 2.53. The minimum absolute atomic E-state index is 0.339. The minimum Gasteiger partial charge on any atom is -0.497 e. The Bertz CT molecular complexity index is 1010. The van der Waals surface area contributed by atoms with Crippen LogP contribution in [0.2, 0.25) is 0 Å². The fourth-order valence-corrected chi connectivity index (χ4v) is 6.39. The quantitative estimate of drug-likeness (QED) is 0.566. The first-order valence-electron chi connectivity index (χ1n) is 10.1. The van der Waals surface area contributed by atoms with Crippen molar-refractivity contribution in [2.45, 2.75) is 22.8 Å². The van der Waals surface area contributed by atoms with Crippen molar-refractivity contribution in [3.8, 4) is 11.5 Å². The molecule has 1 fully saturated rings. The SMILES string of the molecule is COc1cc2c3c(c1)c(Sc1ccccc1)c(C)n3C(CN1CCSCC1)CO2. The van der Waals surface area contributed by atoms with Crippen molar-refractivity contribution in [3.05, 3.63) is 48.2 Å². The van der Waals surface area contributed by atoms with E-state index in [1.165, 1.54) is 51.0 Å². The summed E-state index contributed by atoms with van der Waals surface area (Å²) in [7, 11) is 1.72. The minimum atomic E-state index is 0.339. The highest BCUT2D eigenvalue weighted by Gasteiger charge is 2.30. The summed E-state index contributed by atoms with van der Waals surface area (Å²) >= 11 is 3.89. The van der Waals surface area contributed by atoms with E-state index in [0.717, 1.165) is 18.0 Å². The summed E-state index contributed by atoms with van der Waals surface area (Å²) in [5, 5.41) is 1.23. The summed E-state index contributed by atoms with van der Waals surface area (Å²) in [6.45, 7) is 6.36. The zero-order chi connectivity index (χ0) is 19.8. The normalized spacial score (nSPS) is 19.3. The summed E-state index contributed by atoms with van der Waals surface area (Å²) < 4.78 is 14.4. The predicted octanol–water partition coefficient (Wildman–Crippen LogP) is 5.09. The molecule has 0 radical (unpaired) electrons. The number of methoxy groups -OCH3 is 1. The van der Waals surface area contributed by atoms with Crippen LogP contribution in [0.4, 0.5) is 0 Å². The lowest BCUT2D eigenvalue weighted by Crippen LogP contribution is -2.40. The molecule has 2 aromatic carbocycles. The van der Waals surface area contributed by atoms with E-state index in [2.05, 4.69) is 64.6 Å². The van der Waals surface area contributed by atoms with Gasteiger partial charge in [-0.1, -0.05) is 30.0 Å². The molecule has 0 saturated carbocycles. The molecular formula is C23H26N2O2S2. The average molecular weight is 427 g/mol. The van der Waals surface area contributed by atoms with E-state index in [1.807, 2.05) is 17.8 Å². The second-order valence-electron chi connectivity index (χ2n) is 7.60. The van der Waals surface area contributed by atoms with E-state index in [1.54, 1.807) is 7.11 Å². The Hall–Kier alpha value is -1.76. The average Bonchev–Trinajstić information content (AvgIpc) is 3.04. The third-order valence-electron chi connectivity index (χ3n) is 5.79. The second kappa shape index (κ2) is 8.17. The van der Waals surface area contributed by atoms with E-state index in [-0.39, 0.29) is 0 Å². The first-order chi connectivity index (χ1) is 14.2. The molecule has 152 valence electrons. The molecule has 1 saturated heterocycles. The highest BCUT2D eigenvalue weighted by atomic mass is 32.2. The molecule has 3 aromatic rings. The van der Waals surface area contributed by atoms with Gasteiger partial charge in [-0.25, -0.2) is 0 Å². The van der Waals surface area contributed by atoms with Gasteiger partial charge in [0.05, 0.1) is 18.7 Å². The van der Waals surface area contributed by atoms with Crippen molar-refractivity contribution in [3.63, 3.8) is 0 Å². The van der Waals surface area contributed by atoms with Gasteiger partial charge in [-0.05, 0) is 25.1 Å². The molecule has 0 aliphatic carbocycles. The van der Waals surface area contributed by atoms with Gasteiger partial charge in [-0.3, -0.25) is 4.90 Å². The van der Waals surface area contributed by atoms with E-state index in [4.69, 9.17) is 9.47 Å². The van der Waals surface area contributed by atoms with Gasteiger partial charge in [0.25, 0.3) is 0 Å². The lowest BCUT2D eigenvalue weighted by Gasteiger charge is -2.34. The topological polar surface area (TPSA) is 26.6 Å². The van der Waals surface area contributed by atoms with Crippen LogP contribution in [0.5, 0.6) is 11.5 Å². The van der Waals surface area contributed by atoms with Gasteiger partial charge in [0, 0.05) is 58.1 Å². The van der Waals surface area contributed by atoms with E-state index < -0.39 is 0 Å². The Labute approximate surface area is 180 Å². The molecule has 1 aromatic heterocycles. The Morgan fingerprint density at radius 2 is 1.97 bits per heavy atom. The number of nitrogens with zero attached hydrogens (tertiary/aromatic N) is 2. The van der Waals surface area contributed by atoms with Crippen LogP contribution in [-0.2, 0) is 0 Å². The summed E-state index contributed by atoms with van der Waals surface area (Å²) in [5.74, 6) is 4.26. The number of ether oxygens (including phenoxy) is 2. The van der Waals surface area contributed by atoms with Gasteiger partial charge in [0.1, 0.15) is 18.1 Å². The van der Waals surface area contributed by atoms with Crippen LogP contribution in [0.25, 0.3) is 10.9 Å². The molecule has 4 nitrogen and oxygen atoms in total. The summed E-state index contributed by atoms with van der Waals surface area (Å²) in [6.07, 6.45) is 0. The van der Waals surface area contributed by atoms with Gasteiger partial charge in [0.2, 0.25) is 0 Å². The molecular weight excluding hydrogens is 400 g/mol.